The Kier molecular flexibility index (Phi) is 4.92. The summed E-state index contributed by atoms with van der Waals surface area (Å²) in [7, 11) is 4.31. The average Bonchev–Trinajstić information content (AvgIpc) is 2.92. The molecule has 0 aliphatic carbocycles. The number of hydrogen-bond acceptors (Lipinski definition) is 2. The van der Waals surface area contributed by atoms with Crippen LogP contribution in [-0.4, -0.2) is 14.1 Å². The van der Waals surface area contributed by atoms with Crippen molar-refractivity contribution in [1.29, 1.82) is 0 Å². The van der Waals surface area contributed by atoms with Gasteiger partial charge < -0.3 is 9.80 Å². The van der Waals surface area contributed by atoms with Crippen molar-refractivity contribution in [2.45, 2.75) is 0 Å². The van der Waals surface area contributed by atoms with Gasteiger partial charge in [0.15, 0.2) is 0 Å². The third kappa shape index (κ3) is 3.27. The fraction of sp³-hybridized carbons (Fsp3) is 0.0625. The van der Waals surface area contributed by atoms with Gasteiger partial charge in [0.25, 0.3) is 0 Å². The molecule has 0 N–H and O–H groups in total. The summed E-state index contributed by atoms with van der Waals surface area (Å²) in [5.41, 5.74) is 4.78. The molecule has 0 fully saturated rings. The van der Waals surface area contributed by atoms with E-state index in [9.17, 15) is 0 Å². The molecular weight excluding hydrogens is 412 g/mol. The number of rotatable bonds is 4. The van der Waals surface area contributed by atoms with Gasteiger partial charge in [-0.1, -0.05) is 84.9 Å². The first kappa shape index (κ1) is 20.3. The third-order valence-electron chi connectivity index (χ3n) is 6.85. The Hall–Kier alpha value is -4.30. The van der Waals surface area contributed by atoms with Crippen molar-refractivity contribution in [2.24, 2.45) is 0 Å². The van der Waals surface area contributed by atoms with Crippen LogP contribution in [0.4, 0.5) is 22.7 Å². The SMILES string of the molecule is CN(c1ccccc1)c1cc2c3ccccc3c(N(C)c3ccccc3)cc2c2ccccc12. The molecule has 2 nitrogen and oxygen atoms in total. The Morgan fingerprint density at radius 1 is 0.353 bits per heavy atom. The van der Waals surface area contributed by atoms with Crippen molar-refractivity contribution in [1.82, 2.24) is 0 Å². The molecule has 0 radical (unpaired) electrons. The summed E-state index contributed by atoms with van der Waals surface area (Å²) in [5, 5.41) is 7.60. The van der Waals surface area contributed by atoms with Crippen LogP contribution in [0.2, 0.25) is 0 Å². The Morgan fingerprint density at radius 2 is 0.676 bits per heavy atom. The van der Waals surface area contributed by atoms with Gasteiger partial charge in [0.2, 0.25) is 0 Å². The maximum Gasteiger partial charge on any atom is 0.0494 e. The first-order valence-corrected chi connectivity index (χ1v) is 11.7. The molecule has 6 rings (SSSR count). The highest BCUT2D eigenvalue weighted by Crippen LogP contribution is 2.43. The quantitative estimate of drug-likeness (QED) is 0.254. The fourth-order valence-electron chi connectivity index (χ4n) is 5.05. The summed E-state index contributed by atoms with van der Waals surface area (Å²) < 4.78 is 0. The summed E-state index contributed by atoms with van der Waals surface area (Å²) in [6.45, 7) is 0. The molecule has 0 heterocycles. The van der Waals surface area contributed by atoms with Crippen LogP contribution < -0.4 is 9.80 Å². The van der Waals surface area contributed by atoms with E-state index in [0.29, 0.717) is 0 Å². The average molecular weight is 439 g/mol. The van der Waals surface area contributed by atoms with Gasteiger partial charge in [0, 0.05) is 47.6 Å². The van der Waals surface area contributed by atoms with Crippen LogP contribution >= 0.6 is 0 Å². The Balaban J connectivity index is 1.69. The maximum absolute atomic E-state index is 2.36. The lowest BCUT2D eigenvalue weighted by Gasteiger charge is -2.25. The molecule has 0 spiro atoms. The standard InChI is InChI=1S/C32H26N2/c1-33(23-13-5-3-6-14-23)31-21-29-26-18-10-12-20-28(26)32(34(2)24-15-7-4-8-16-24)22-30(29)25-17-9-11-19-27(25)31/h3-22H,1-2H3. The van der Waals surface area contributed by atoms with Gasteiger partial charge in [-0.15, -0.1) is 0 Å². The first-order valence-electron chi connectivity index (χ1n) is 11.7. The third-order valence-corrected chi connectivity index (χ3v) is 6.85. The molecule has 164 valence electrons. The van der Waals surface area contributed by atoms with Crippen molar-refractivity contribution in [3.05, 3.63) is 121 Å². The van der Waals surface area contributed by atoms with Crippen molar-refractivity contribution in [3.8, 4) is 0 Å². The highest BCUT2D eigenvalue weighted by Gasteiger charge is 2.17. The minimum absolute atomic E-state index is 1.18. The van der Waals surface area contributed by atoms with Crippen molar-refractivity contribution < 1.29 is 0 Å². The Bertz CT molecular complexity index is 1500. The molecule has 0 unspecified atom stereocenters. The number of benzene rings is 6. The largest absolute Gasteiger partial charge is 0.344 e. The Morgan fingerprint density at radius 3 is 1.06 bits per heavy atom. The van der Waals surface area contributed by atoms with E-state index in [1.54, 1.807) is 0 Å². The van der Waals surface area contributed by atoms with Gasteiger partial charge in [-0.2, -0.15) is 0 Å². The maximum atomic E-state index is 2.36. The minimum atomic E-state index is 1.18. The monoisotopic (exact) mass is 438 g/mol. The van der Waals surface area contributed by atoms with Crippen LogP contribution in [0.25, 0.3) is 32.3 Å². The highest BCUT2D eigenvalue weighted by molar-refractivity contribution is 6.23. The molecule has 0 bridgehead atoms. The first-order chi connectivity index (χ1) is 16.7. The number of nitrogens with zero attached hydrogens (tertiary/aromatic N) is 2. The molecule has 0 aliphatic rings. The van der Waals surface area contributed by atoms with Gasteiger partial charge >= 0.3 is 0 Å². The number of para-hydroxylation sites is 2. The summed E-state index contributed by atoms with van der Waals surface area (Å²) in [5.74, 6) is 0. The molecule has 34 heavy (non-hydrogen) atoms. The molecule has 2 heteroatoms. The van der Waals surface area contributed by atoms with E-state index in [4.69, 9.17) is 0 Å². The zero-order valence-corrected chi connectivity index (χ0v) is 19.4. The smallest absolute Gasteiger partial charge is 0.0494 e. The summed E-state index contributed by atoms with van der Waals surface area (Å²) in [6.07, 6.45) is 0. The molecule has 0 aliphatic heterocycles. The zero-order chi connectivity index (χ0) is 23.1. The predicted molar refractivity (Wildman–Crippen MR) is 148 cm³/mol. The summed E-state index contributed by atoms with van der Waals surface area (Å²) in [4.78, 5) is 4.58. The molecule has 6 aromatic carbocycles. The van der Waals surface area contributed by atoms with Gasteiger partial charge in [-0.3, -0.25) is 0 Å². The topological polar surface area (TPSA) is 6.48 Å². The second kappa shape index (κ2) is 8.24. The molecule has 0 aromatic heterocycles. The van der Waals surface area contributed by atoms with Gasteiger partial charge in [0.1, 0.15) is 0 Å². The Labute approximate surface area is 200 Å². The number of anilines is 4. The van der Waals surface area contributed by atoms with Gasteiger partial charge in [0.05, 0.1) is 0 Å². The molecule has 0 saturated carbocycles. The van der Waals surface area contributed by atoms with E-state index in [1.165, 1.54) is 55.1 Å². The van der Waals surface area contributed by atoms with E-state index in [2.05, 4.69) is 145 Å². The van der Waals surface area contributed by atoms with E-state index in [0.717, 1.165) is 0 Å². The van der Waals surface area contributed by atoms with E-state index < -0.39 is 0 Å². The normalized spacial score (nSPS) is 11.2. The summed E-state index contributed by atoms with van der Waals surface area (Å²) >= 11 is 0. The fourth-order valence-corrected chi connectivity index (χ4v) is 5.05. The van der Waals surface area contributed by atoms with Crippen molar-refractivity contribution in [3.63, 3.8) is 0 Å². The number of fused-ring (bicyclic) bond motifs is 5. The van der Waals surface area contributed by atoms with Crippen LogP contribution in [0, 0.1) is 0 Å². The van der Waals surface area contributed by atoms with Crippen molar-refractivity contribution >= 4 is 55.1 Å². The van der Waals surface area contributed by atoms with E-state index >= 15 is 0 Å². The minimum Gasteiger partial charge on any atom is -0.344 e. The lowest BCUT2D eigenvalue weighted by molar-refractivity contribution is 1.22. The molecule has 0 atom stereocenters. The van der Waals surface area contributed by atoms with Crippen LogP contribution in [0.3, 0.4) is 0 Å². The van der Waals surface area contributed by atoms with E-state index in [-0.39, 0.29) is 0 Å². The molecule has 0 saturated heterocycles. The zero-order valence-electron chi connectivity index (χ0n) is 19.4. The highest BCUT2D eigenvalue weighted by atomic mass is 15.1. The van der Waals surface area contributed by atoms with Crippen LogP contribution in [0.5, 0.6) is 0 Å². The number of hydrogen-bond donors (Lipinski definition) is 0. The second-order valence-electron chi connectivity index (χ2n) is 8.77. The lowest BCUT2D eigenvalue weighted by Crippen LogP contribution is -2.11. The molecular formula is C32H26N2. The lowest BCUT2D eigenvalue weighted by atomic mass is 9.94. The summed E-state index contributed by atoms with van der Waals surface area (Å²) in [6, 6.07) is 43.4. The van der Waals surface area contributed by atoms with Crippen molar-refractivity contribution in [2.75, 3.05) is 23.9 Å². The van der Waals surface area contributed by atoms with Gasteiger partial charge in [-0.05, 0) is 57.9 Å². The van der Waals surface area contributed by atoms with Gasteiger partial charge in [-0.25, -0.2) is 0 Å². The predicted octanol–water partition coefficient (Wildman–Crippen LogP) is 8.68. The van der Waals surface area contributed by atoms with E-state index in [1.807, 2.05) is 0 Å². The van der Waals surface area contributed by atoms with Crippen LogP contribution in [-0.2, 0) is 0 Å². The van der Waals surface area contributed by atoms with Crippen LogP contribution in [0.15, 0.2) is 121 Å². The second-order valence-corrected chi connectivity index (χ2v) is 8.77. The molecule has 6 aromatic rings. The van der Waals surface area contributed by atoms with Crippen LogP contribution in [0.1, 0.15) is 0 Å². The molecule has 0 amide bonds.